The molecule has 1 aromatic carbocycles. The number of halogens is 1. The first kappa shape index (κ1) is 14.0. The zero-order valence-electron chi connectivity index (χ0n) is 10.8. The van der Waals surface area contributed by atoms with Crippen LogP contribution in [0.15, 0.2) is 24.3 Å². The first-order valence-corrected chi connectivity index (χ1v) is 6.56. The zero-order chi connectivity index (χ0) is 13.7. The monoisotopic (exact) mass is 266 g/mol. The van der Waals surface area contributed by atoms with Gasteiger partial charge in [0, 0.05) is 13.2 Å². The van der Waals surface area contributed by atoms with Crippen LogP contribution in [0.4, 0.5) is 10.1 Å². The Morgan fingerprint density at radius 2 is 2.26 bits per heavy atom. The lowest BCUT2D eigenvalue weighted by atomic mass is 10.1. The lowest BCUT2D eigenvalue weighted by Crippen LogP contribution is -2.31. The second-order valence-corrected chi connectivity index (χ2v) is 4.93. The summed E-state index contributed by atoms with van der Waals surface area (Å²) in [6.07, 6.45) is 1.79. The van der Waals surface area contributed by atoms with Gasteiger partial charge in [-0.05, 0) is 37.4 Å². The molecule has 1 saturated heterocycles. The first-order chi connectivity index (χ1) is 9.19. The molecule has 1 aliphatic heterocycles. The molecule has 0 spiro atoms. The van der Waals surface area contributed by atoms with Crippen molar-refractivity contribution in [2.45, 2.75) is 12.8 Å². The van der Waals surface area contributed by atoms with E-state index in [0.29, 0.717) is 5.92 Å². The van der Waals surface area contributed by atoms with E-state index in [-0.39, 0.29) is 24.7 Å². The van der Waals surface area contributed by atoms with Crippen molar-refractivity contribution in [3.8, 4) is 0 Å². The van der Waals surface area contributed by atoms with Gasteiger partial charge in [-0.2, -0.15) is 0 Å². The molecule has 1 heterocycles. The van der Waals surface area contributed by atoms with Gasteiger partial charge in [-0.15, -0.1) is 0 Å². The molecule has 1 aromatic rings. The van der Waals surface area contributed by atoms with Gasteiger partial charge < -0.3 is 10.4 Å². The Bertz CT molecular complexity index is 439. The molecule has 2 rings (SSSR count). The maximum absolute atomic E-state index is 13.4. The summed E-state index contributed by atoms with van der Waals surface area (Å²) in [7, 11) is 0. The van der Waals surface area contributed by atoms with Gasteiger partial charge in [0.25, 0.3) is 0 Å². The highest BCUT2D eigenvalue weighted by Gasteiger charge is 2.23. The molecular formula is C14H19FN2O2. The van der Waals surface area contributed by atoms with Crippen molar-refractivity contribution in [3.63, 3.8) is 0 Å². The molecule has 1 fully saturated rings. The van der Waals surface area contributed by atoms with E-state index < -0.39 is 5.82 Å². The van der Waals surface area contributed by atoms with Crippen molar-refractivity contribution >= 4 is 11.6 Å². The number of amides is 1. The predicted octanol–water partition coefficient (Wildman–Crippen LogP) is 1.47. The Morgan fingerprint density at radius 1 is 1.47 bits per heavy atom. The number of carbonyl (C=O) groups excluding carboxylic acids is 1. The Labute approximate surface area is 112 Å². The number of carbonyl (C=O) groups is 1. The minimum atomic E-state index is -0.421. The van der Waals surface area contributed by atoms with E-state index in [0.717, 1.165) is 25.9 Å². The highest BCUT2D eigenvalue weighted by Crippen LogP contribution is 2.19. The molecule has 0 aliphatic carbocycles. The number of aliphatic hydroxyl groups excluding tert-OH is 1. The summed E-state index contributed by atoms with van der Waals surface area (Å²) >= 11 is 0. The Balaban J connectivity index is 1.81. The highest BCUT2D eigenvalue weighted by atomic mass is 19.1. The van der Waals surface area contributed by atoms with Crippen molar-refractivity contribution in [3.05, 3.63) is 30.1 Å². The van der Waals surface area contributed by atoms with Gasteiger partial charge >= 0.3 is 0 Å². The minimum Gasteiger partial charge on any atom is -0.396 e. The topological polar surface area (TPSA) is 52.6 Å². The molecule has 4 nitrogen and oxygen atoms in total. The second-order valence-electron chi connectivity index (χ2n) is 4.93. The molecule has 5 heteroatoms. The normalized spacial score (nSPS) is 19.6. The van der Waals surface area contributed by atoms with Crippen LogP contribution in [0.1, 0.15) is 12.8 Å². The standard InChI is InChI=1S/C14H19FN2O2/c15-12-3-1-2-4-13(12)16-14(19)10-17-7-5-11(9-17)6-8-18/h1-4,11,18H,5-10H2,(H,16,19). The van der Waals surface area contributed by atoms with Crippen molar-refractivity contribution in [2.24, 2.45) is 5.92 Å². The van der Waals surface area contributed by atoms with E-state index in [2.05, 4.69) is 5.32 Å². The molecule has 1 amide bonds. The van der Waals surface area contributed by atoms with Crippen LogP contribution in [-0.2, 0) is 4.79 Å². The molecule has 1 aliphatic rings. The Kier molecular flexibility index (Phi) is 4.87. The number of hydrogen-bond donors (Lipinski definition) is 2. The van der Waals surface area contributed by atoms with Crippen LogP contribution in [0.3, 0.4) is 0 Å². The summed E-state index contributed by atoms with van der Waals surface area (Å²) in [5.41, 5.74) is 0.221. The average molecular weight is 266 g/mol. The number of anilines is 1. The summed E-state index contributed by atoms with van der Waals surface area (Å²) in [5.74, 6) is -0.156. The van der Waals surface area contributed by atoms with Crippen molar-refractivity contribution in [1.29, 1.82) is 0 Å². The Morgan fingerprint density at radius 3 is 3.00 bits per heavy atom. The third kappa shape index (κ3) is 4.01. The van der Waals surface area contributed by atoms with E-state index in [4.69, 9.17) is 5.11 Å². The van der Waals surface area contributed by atoms with Crippen molar-refractivity contribution in [1.82, 2.24) is 4.90 Å². The van der Waals surface area contributed by atoms with E-state index >= 15 is 0 Å². The van der Waals surface area contributed by atoms with Crippen LogP contribution in [-0.4, -0.2) is 42.2 Å². The summed E-state index contributed by atoms with van der Waals surface area (Å²) in [4.78, 5) is 13.9. The molecule has 1 unspecified atom stereocenters. The molecule has 2 N–H and O–H groups in total. The summed E-state index contributed by atoms with van der Waals surface area (Å²) in [5, 5.41) is 11.5. The third-order valence-electron chi connectivity index (χ3n) is 3.42. The predicted molar refractivity (Wildman–Crippen MR) is 71.3 cm³/mol. The molecule has 0 saturated carbocycles. The van der Waals surface area contributed by atoms with Crippen LogP contribution < -0.4 is 5.32 Å². The van der Waals surface area contributed by atoms with Crippen molar-refractivity contribution < 1.29 is 14.3 Å². The van der Waals surface area contributed by atoms with Gasteiger partial charge in [0.15, 0.2) is 0 Å². The summed E-state index contributed by atoms with van der Waals surface area (Å²) in [6, 6.07) is 6.14. The van der Waals surface area contributed by atoms with Crippen LogP contribution >= 0.6 is 0 Å². The molecule has 0 radical (unpaired) electrons. The number of hydrogen-bond acceptors (Lipinski definition) is 3. The fourth-order valence-corrected chi connectivity index (χ4v) is 2.43. The molecule has 19 heavy (non-hydrogen) atoms. The van der Waals surface area contributed by atoms with E-state index in [1.54, 1.807) is 18.2 Å². The van der Waals surface area contributed by atoms with Gasteiger partial charge in [-0.1, -0.05) is 12.1 Å². The van der Waals surface area contributed by atoms with Gasteiger partial charge in [-0.25, -0.2) is 4.39 Å². The number of likely N-dealkylation sites (tertiary alicyclic amines) is 1. The van der Waals surface area contributed by atoms with E-state index in [1.165, 1.54) is 6.07 Å². The first-order valence-electron chi connectivity index (χ1n) is 6.56. The number of aliphatic hydroxyl groups is 1. The van der Waals surface area contributed by atoms with Crippen LogP contribution in [0, 0.1) is 11.7 Å². The fourth-order valence-electron chi connectivity index (χ4n) is 2.43. The Hall–Kier alpha value is -1.46. The van der Waals surface area contributed by atoms with E-state index in [1.807, 2.05) is 4.90 Å². The third-order valence-corrected chi connectivity index (χ3v) is 3.42. The molecule has 0 aromatic heterocycles. The SMILES string of the molecule is O=C(CN1CCC(CCO)C1)Nc1ccccc1F. The highest BCUT2D eigenvalue weighted by molar-refractivity contribution is 5.92. The van der Waals surface area contributed by atoms with Crippen LogP contribution in [0.5, 0.6) is 0 Å². The molecule has 0 bridgehead atoms. The number of benzene rings is 1. The summed E-state index contributed by atoms with van der Waals surface area (Å²) < 4.78 is 13.4. The lowest BCUT2D eigenvalue weighted by molar-refractivity contribution is -0.117. The molecular weight excluding hydrogens is 247 g/mol. The minimum absolute atomic E-state index is 0.194. The quantitative estimate of drug-likeness (QED) is 0.848. The largest absolute Gasteiger partial charge is 0.396 e. The number of para-hydroxylation sites is 1. The van der Waals surface area contributed by atoms with Crippen LogP contribution in [0.25, 0.3) is 0 Å². The smallest absolute Gasteiger partial charge is 0.238 e. The van der Waals surface area contributed by atoms with Gasteiger partial charge in [0.05, 0.1) is 12.2 Å². The number of nitrogens with zero attached hydrogens (tertiary/aromatic N) is 1. The van der Waals surface area contributed by atoms with E-state index in [9.17, 15) is 9.18 Å². The second kappa shape index (κ2) is 6.63. The number of rotatable bonds is 5. The maximum atomic E-state index is 13.4. The average Bonchev–Trinajstić information content (AvgIpc) is 2.80. The van der Waals surface area contributed by atoms with Gasteiger partial charge in [-0.3, -0.25) is 9.69 Å². The molecule has 104 valence electrons. The molecule has 1 atom stereocenters. The lowest BCUT2D eigenvalue weighted by Gasteiger charge is -2.15. The van der Waals surface area contributed by atoms with Gasteiger partial charge in [0.2, 0.25) is 5.91 Å². The zero-order valence-corrected chi connectivity index (χ0v) is 10.8. The van der Waals surface area contributed by atoms with Crippen LogP contribution in [0.2, 0.25) is 0 Å². The fraction of sp³-hybridized carbons (Fsp3) is 0.500. The van der Waals surface area contributed by atoms with Gasteiger partial charge in [0.1, 0.15) is 5.82 Å². The number of nitrogens with one attached hydrogen (secondary N) is 1. The van der Waals surface area contributed by atoms with Crippen molar-refractivity contribution in [2.75, 3.05) is 31.6 Å². The maximum Gasteiger partial charge on any atom is 0.238 e. The summed E-state index contributed by atoms with van der Waals surface area (Å²) in [6.45, 7) is 2.15.